The maximum atomic E-state index is 11.7. The van der Waals surface area contributed by atoms with Gasteiger partial charge < -0.3 is 10.6 Å². The van der Waals surface area contributed by atoms with E-state index in [9.17, 15) is 14.9 Å². The summed E-state index contributed by atoms with van der Waals surface area (Å²) in [5, 5.41) is 16.4. The Hall–Kier alpha value is -2.11. The molecular formula is C13H17N3O3. The smallest absolute Gasteiger partial charge is 0.319 e. The van der Waals surface area contributed by atoms with E-state index in [0.717, 1.165) is 19.3 Å². The van der Waals surface area contributed by atoms with Gasteiger partial charge in [-0.15, -0.1) is 0 Å². The number of anilines is 1. The van der Waals surface area contributed by atoms with Gasteiger partial charge in [0.2, 0.25) is 0 Å². The standard InChI is InChI=1S/C13H17N3O3/c1-8-7-12(16(18)19)9(2)6-11(8)15-13(17)14-10-4-3-5-10/h6-7,10H,3-5H2,1-2H3,(H2,14,15,17). The largest absolute Gasteiger partial charge is 0.335 e. The van der Waals surface area contributed by atoms with Gasteiger partial charge in [-0.1, -0.05) is 0 Å². The number of nitro groups is 1. The molecule has 19 heavy (non-hydrogen) atoms. The van der Waals surface area contributed by atoms with Crippen molar-refractivity contribution in [3.05, 3.63) is 33.4 Å². The van der Waals surface area contributed by atoms with Gasteiger partial charge in [0.1, 0.15) is 0 Å². The first-order chi connectivity index (χ1) is 8.97. The van der Waals surface area contributed by atoms with Gasteiger partial charge in [-0.25, -0.2) is 4.79 Å². The molecule has 6 nitrogen and oxygen atoms in total. The van der Waals surface area contributed by atoms with Gasteiger partial charge in [-0.3, -0.25) is 10.1 Å². The van der Waals surface area contributed by atoms with Crippen molar-refractivity contribution in [1.82, 2.24) is 5.32 Å². The molecule has 1 aromatic rings. The molecule has 0 spiro atoms. The number of nitro benzene ring substituents is 1. The summed E-state index contributed by atoms with van der Waals surface area (Å²) >= 11 is 0. The van der Waals surface area contributed by atoms with E-state index in [1.165, 1.54) is 6.07 Å². The second-order valence-corrected chi connectivity index (χ2v) is 4.94. The van der Waals surface area contributed by atoms with Crippen LogP contribution >= 0.6 is 0 Å². The number of benzene rings is 1. The lowest BCUT2D eigenvalue weighted by atomic mass is 9.93. The van der Waals surface area contributed by atoms with Crippen LogP contribution in [0.4, 0.5) is 16.2 Å². The van der Waals surface area contributed by atoms with E-state index in [4.69, 9.17) is 0 Å². The average molecular weight is 263 g/mol. The molecule has 1 saturated carbocycles. The monoisotopic (exact) mass is 263 g/mol. The predicted molar refractivity (Wildman–Crippen MR) is 72.4 cm³/mol. The number of nitrogens with zero attached hydrogens (tertiary/aromatic N) is 1. The van der Waals surface area contributed by atoms with Crippen LogP contribution in [0.3, 0.4) is 0 Å². The second kappa shape index (κ2) is 5.26. The molecule has 2 amide bonds. The third-order valence-electron chi connectivity index (χ3n) is 3.43. The number of carbonyl (C=O) groups excluding carboxylic acids is 1. The molecule has 2 rings (SSSR count). The highest BCUT2D eigenvalue weighted by Gasteiger charge is 2.20. The molecule has 0 heterocycles. The number of hydrogen-bond acceptors (Lipinski definition) is 3. The van der Waals surface area contributed by atoms with Gasteiger partial charge in [-0.2, -0.15) is 0 Å². The van der Waals surface area contributed by atoms with Crippen molar-refractivity contribution in [1.29, 1.82) is 0 Å². The Labute approximate surface area is 111 Å². The number of amides is 2. The van der Waals surface area contributed by atoms with Crippen LogP contribution in [-0.2, 0) is 0 Å². The Morgan fingerprint density at radius 1 is 1.32 bits per heavy atom. The highest BCUT2D eigenvalue weighted by molar-refractivity contribution is 5.90. The molecule has 1 fully saturated rings. The third-order valence-corrected chi connectivity index (χ3v) is 3.43. The minimum Gasteiger partial charge on any atom is -0.335 e. The first kappa shape index (κ1) is 13.3. The fraction of sp³-hybridized carbons (Fsp3) is 0.462. The number of hydrogen-bond donors (Lipinski definition) is 2. The maximum Gasteiger partial charge on any atom is 0.319 e. The number of nitrogens with one attached hydrogen (secondary N) is 2. The lowest BCUT2D eigenvalue weighted by Crippen LogP contribution is -2.41. The van der Waals surface area contributed by atoms with Crippen LogP contribution in [-0.4, -0.2) is 17.0 Å². The normalized spacial score (nSPS) is 14.6. The highest BCUT2D eigenvalue weighted by atomic mass is 16.6. The number of urea groups is 1. The van der Waals surface area contributed by atoms with Crippen molar-refractivity contribution >= 4 is 17.4 Å². The van der Waals surface area contributed by atoms with E-state index >= 15 is 0 Å². The summed E-state index contributed by atoms with van der Waals surface area (Å²) in [5.74, 6) is 0. The highest BCUT2D eigenvalue weighted by Crippen LogP contribution is 2.26. The molecule has 1 aromatic carbocycles. The minimum atomic E-state index is -0.416. The van der Waals surface area contributed by atoms with Crippen LogP contribution in [0.2, 0.25) is 0 Å². The first-order valence-corrected chi connectivity index (χ1v) is 6.30. The molecule has 0 unspecified atom stereocenters. The van der Waals surface area contributed by atoms with Crippen LogP contribution in [0.5, 0.6) is 0 Å². The summed E-state index contributed by atoms with van der Waals surface area (Å²) < 4.78 is 0. The molecule has 2 N–H and O–H groups in total. The quantitative estimate of drug-likeness (QED) is 0.649. The Kier molecular flexibility index (Phi) is 3.69. The molecule has 1 aliphatic rings. The minimum absolute atomic E-state index is 0.0717. The molecule has 1 aliphatic carbocycles. The summed E-state index contributed by atoms with van der Waals surface area (Å²) in [6.45, 7) is 3.40. The van der Waals surface area contributed by atoms with Crippen LogP contribution in [0, 0.1) is 24.0 Å². The van der Waals surface area contributed by atoms with E-state index in [-0.39, 0.29) is 17.8 Å². The van der Waals surface area contributed by atoms with E-state index in [0.29, 0.717) is 16.8 Å². The summed E-state index contributed by atoms with van der Waals surface area (Å²) in [5.41, 5.74) is 1.90. The number of aryl methyl sites for hydroxylation is 2. The Morgan fingerprint density at radius 2 is 2.00 bits per heavy atom. The van der Waals surface area contributed by atoms with Crippen molar-refractivity contribution in [2.24, 2.45) is 0 Å². The van der Waals surface area contributed by atoms with E-state index in [2.05, 4.69) is 10.6 Å². The molecule has 102 valence electrons. The summed E-state index contributed by atoms with van der Waals surface area (Å²) in [6, 6.07) is 3.13. The molecule has 0 saturated heterocycles. The molecule has 0 atom stereocenters. The SMILES string of the molecule is Cc1cc([N+](=O)[O-])c(C)cc1NC(=O)NC1CCC1. The van der Waals surface area contributed by atoms with Gasteiger partial charge in [-0.05, 0) is 44.7 Å². The Bertz CT molecular complexity index is 524. The molecule has 0 radical (unpaired) electrons. The lowest BCUT2D eigenvalue weighted by Gasteiger charge is -2.26. The van der Waals surface area contributed by atoms with Crippen LogP contribution in [0.25, 0.3) is 0 Å². The zero-order valence-electron chi connectivity index (χ0n) is 11.0. The fourth-order valence-electron chi connectivity index (χ4n) is 2.03. The molecule has 6 heteroatoms. The fourth-order valence-corrected chi connectivity index (χ4v) is 2.03. The number of carbonyl (C=O) groups is 1. The predicted octanol–water partition coefficient (Wildman–Crippen LogP) is 2.89. The summed E-state index contributed by atoms with van der Waals surface area (Å²) in [4.78, 5) is 22.1. The Balaban J connectivity index is 2.09. The van der Waals surface area contributed by atoms with E-state index in [1.54, 1.807) is 19.9 Å². The van der Waals surface area contributed by atoms with Crippen LogP contribution < -0.4 is 10.6 Å². The summed E-state index contributed by atoms with van der Waals surface area (Å²) in [7, 11) is 0. The summed E-state index contributed by atoms with van der Waals surface area (Å²) in [6.07, 6.45) is 3.19. The van der Waals surface area contributed by atoms with E-state index in [1.807, 2.05) is 0 Å². The Morgan fingerprint density at radius 3 is 2.53 bits per heavy atom. The lowest BCUT2D eigenvalue weighted by molar-refractivity contribution is -0.385. The van der Waals surface area contributed by atoms with E-state index < -0.39 is 4.92 Å². The third kappa shape index (κ3) is 3.01. The van der Waals surface area contributed by atoms with Crippen molar-refractivity contribution in [3.63, 3.8) is 0 Å². The van der Waals surface area contributed by atoms with Crippen LogP contribution in [0.1, 0.15) is 30.4 Å². The van der Waals surface area contributed by atoms with Crippen LogP contribution in [0.15, 0.2) is 12.1 Å². The van der Waals surface area contributed by atoms with Gasteiger partial charge in [0.05, 0.1) is 4.92 Å². The van der Waals surface area contributed by atoms with Gasteiger partial charge in [0, 0.05) is 23.4 Å². The van der Waals surface area contributed by atoms with Crippen molar-refractivity contribution < 1.29 is 9.72 Å². The number of rotatable bonds is 3. The first-order valence-electron chi connectivity index (χ1n) is 6.30. The molecule has 0 bridgehead atoms. The van der Waals surface area contributed by atoms with Crippen molar-refractivity contribution in [2.75, 3.05) is 5.32 Å². The average Bonchev–Trinajstić information content (AvgIpc) is 2.28. The second-order valence-electron chi connectivity index (χ2n) is 4.94. The van der Waals surface area contributed by atoms with Gasteiger partial charge in [0.15, 0.2) is 0 Å². The maximum absolute atomic E-state index is 11.7. The zero-order chi connectivity index (χ0) is 14.0. The van der Waals surface area contributed by atoms with Gasteiger partial charge >= 0.3 is 6.03 Å². The topological polar surface area (TPSA) is 84.3 Å². The van der Waals surface area contributed by atoms with Crippen molar-refractivity contribution in [2.45, 2.75) is 39.2 Å². The zero-order valence-corrected chi connectivity index (χ0v) is 11.0. The molecule has 0 aromatic heterocycles. The molecule has 0 aliphatic heterocycles. The van der Waals surface area contributed by atoms with Crippen molar-refractivity contribution in [3.8, 4) is 0 Å². The molecular weight excluding hydrogens is 246 g/mol. The van der Waals surface area contributed by atoms with Gasteiger partial charge in [0.25, 0.3) is 5.69 Å².